The zero-order chi connectivity index (χ0) is 26.9. The number of urea groups is 1. The summed E-state index contributed by atoms with van der Waals surface area (Å²) in [6.07, 6.45) is -0.857. The summed E-state index contributed by atoms with van der Waals surface area (Å²) in [6, 6.07) is 15.1. The van der Waals surface area contributed by atoms with Crippen LogP contribution in [-0.4, -0.2) is 30.4 Å². The van der Waals surface area contributed by atoms with Gasteiger partial charge in [-0.15, -0.1) is 11.8 Å². The minimum atomic E-state index is -4.56. The van der Waals surface area contributed by atoms with Crippen LogP contribution in [0.2, 0.25) is 0 Å². The molecule has 0 atom stereocenters. The van der Waals surface area contributed by atoms with Crippen molar-refractivity contribution in [2.45, 2.75) is 55.6 Å². The molecule has 2 heterocycles. The van der Waals surface area contributed by atoms with Crippen LogP contribution in [0.4, 0.5) is 23.7 Å². The molecule has 2 amide bonds. The molecule has 5 nitrogen and oxygen atoms in total. The number of hydrogen-bond acceptors (Lipinski definition) is 4. The molecule has 1 spiro atoms. The topological polar surface area (TPSA) is 54.5 Å². The number of carbonyl (C=O) groups excluding carboxylic acids is 1. The maximum absolute atomic E-state index is 13.9. The fourth-order valence-corrected chi connectivity index (χ4v) is 6.21. The number of pyridine rings is 1. The molecule has 9 heteroatoms. The zero-order valence-electron chi connectivity index (χ0n) is 21.4. The van der Waals surface area contributed by atoms with E-state index in [-0.39, 0.29) is 28.5 Å². The maximum Gasteiger partial charge on any atom is 0.417 e. The molecule has 0 saturated heterocycles. The Labute approximate surface area is 224 Å². The van der Waals surface area contributed by atoms with Crippen molar-refractivity contribution in [3.8, 4) is 17.0 Å². The summed E-state index contributed by atoms with van der Waals surface area (Å²) in [5.41, 5.74) is 1.51. The van der Waals surface area contributed by atoms with Gasteiger partial charge < -0.3 is 10.1 Å². The molecule has 2 aliphatic rings. The van der Waals surface area contributed by atoms with Gasteiger partial charge in [0, 0.05) is 29.0 Å². The van der Waals surface area contributed by atoms with Crippen molar-refractivity contribution in [2.24, 2.45) is 0 Å². The first kappa shape index (κ1) is 26.4. The van der Waals surface area contributed by atoms with Crippen LogP contribution in [0.1, 0.15) is 49.4 Å². The first-order valence-electron chi connectivity index (χ1n) is 12.8. The first-order valence-corrected chi connectivity index (χ1v) is 13.8. The minimum absolute atomic E-state index is 0.00170. The number of carbonyl (C=O) groups is 1. The van der Waals surface area contributed by atoms with E-state index in [0.29, 0.717) is 24.5 Å². The molecule has 1 aliphatic carbocycles. The molecule has 1 aliphatic heterocycles. The van der Waals surface area contributed by atoms with E-state index in [1.54, 1.807) is 28.8 Å². The summed E-state index contributed by atoms with van der Waals surface area (Å²) >= 11 is 1.76. The van der Waals surface area contributed by atoms with Crippen molar-refractivity contribution in [1.82, 2.24) is 10.3 Å². The zero-order valence-corrected chi connectivity index (χ0v) is 22.2. The van der Waals surface area contributed by atoms with Crippen LogP contribution >= 0.6 is 11.8 Å². The van der Waals surface area contributed by atoms with Gasteiger partial charge in [0.1, 0.15) is 5.75 Å². The molecule has 1 N–H and O–H groups in total. The van der Waals surface area contributed by atoms with Crippen LogP contribution in [0.5, 0.6) is 5.75 Å². The minimum Gasteiger partial charge on any atom is -0.497 e. The van der Waals surface area contributed by atoms with E-state index in [1.807, 2.05) is 24.3 Å². The van der Waals surface area contributed by atoms with Crippen molar-refractivity contribution < 1.29 is 22.7 Å². The number of amides is 2. The molecule has 3 aromatic rings. The number of anilines is 1. The highest BCUT2D eigenvalue weighted by Gasteiger charge is 2.48. The largest absolute Gasteiger partial charge is 0.497 e. The lowest BCUT2D eigenvalue weighted by Crippen LogP contribution is -2.41. The lowest BCUT2D eigenvalue weighted by Gasteiger charge is -2.24. The fourth-order valence-electron chi connectivity index (χ4n) is 5.55. The van der Waals surface area contributed by atoms with E-state index in [2.05, 4.69) is 12.2 Å². The van der Waals surface area contributed by atoms with Gasteiger partial charge in [-0.05, 0) is 66.6 Å². The molecule has 5 rings (SSSR count). The van der Waals surface area contributed by atoms with Crippen LogP contribution in [0.25, 0.3) is 11.3 Å². The van der Waals surface area contributed by atoms with Crippen LogP contribution in [0.3, 0.4) is 0 Å². The molecule has 200 valence electrons. The molecule has 2 aromatic carbocycles. The number of halogens is 3. The Morgan fingerprint density at radius 1 is 1.11 bits per heavy atom. The molecule has 0 bridgehead atoms. The normalized spacial score (nSPS) is 16.1. The lowest BCUT2D eigenvalue weighted by molar-refractivity contribution is -0.137. The van der Waals surface area contributed by atoms with E-state index in [0.717, 1.165) is 43.1 Å². The SMILES string of the molecule is CCSc1ccc(CNC(=O)N2CC3(CCCC3)c3nc(-c4ccc(OC)cc4C(F)(F)F)ccc32)cc1. The van der Waals surface area contributed by atoms with Gasteiger partial charge in [-0.25, -0.2) is 9.78 Å². The second kappa shape index (κ2) is 10.5. The molecule has 38 heavy (non-hydrogen) atoms. The molecule has 1 aromatic heterocycles. The molecule has 0 radical (unpaired) electrons. The van der Waals surface area contributed by atoms with Gasteiger partial charge in [-0.2, -0.15) is 13.2 Å². The van der Waals surface area contributed by atoms with Crippen LogP contribution in [0.15, 0.2) is 59.5 Å². The van der Waals surface area contributed by atoms with Gasteiger partial charge in [0.25, 0.3) is 0 Å². The second-order valence-corrected chi connectivity index (χ2v) is 11.1. The van der Waals surface area contributed by atoms with E-state index >= 15 is 0 Å². The third kappa shape index (κ3) is 5.08. The lowest BCUT2D eigenvalue weighted by atomic mass is 9.84. The van der Waals surface area contributed by atoms with Gasteiger partial charge in [0.15, 0.2) is 0 Å². The Kier molecular flexibility index (Phi) is 7.31. The summed E-state index contributed by atoms with van der Waals surface area (Å²) in [4.78, 5) is 21.0. The van der Waals surface area contributed by atoms with Crippen molar-refractivity contribution >= 4 is 23.5 Å². The number of fused-ring (bicyclic) bond motifs is 2. The number of ether oxygens (including phenoxy) is 1. The number of hydrogen-bond donors (Lipinski definition) is 1. The smallest absolute Gasteiger partial charge is 0.417 e. The van der Waals surface area contributed by atoms with Crippen molar-refractivity contribution in [3.05, 3.63) is 71.4 Å². The van der Waals surface area contributed by atoms with Gasteiger partial charge in [-0.3, -0.25) is 4.90 Å². The summed E-state index contributed by atoms with van der Waals surface area (Å²) < 4.78 is 46.8. The second-order valence-electron chi connectivity index (χ2n) is 9.78. The number of benzene rings is 2. The molecule has 0 unspecified atom stereocenters. The Balaban J connectivity index is 1.44. The van der Waals surface area contributed by atoms with Crippen molar-refractivity contribution in [1.29, 1.82) is 0 Å². The quantitative estimate of drug-likeness (QED) is 0.330. The number of nitrogens with one attached hydrogen (secondary N) is 1. The van der Waals surface area contributed by atoms with Crippen molar-refractivity contribution in [3.63, 3.8) is 0 Å². The highest BCUT2D eigenvalue weighted by Crippen LogP contribution is 2.50. The average molecular weight is 542 g/mol. The van der Waals surface area contributed by atoms with Crippen LogP contribution < -0.4 is 15.0 Å². The van der Waals surface area contributed by atoms with Gasteiger partial charge in [-0.1, -0.05) is 31.9 Å². The summed E-state index contributed by atoms with van der Waals surface area (Å²) in [6.45, 7) is 2.97. The number of aromatic nitrogens is 1. The Bertz CT molecular complexity index is 1320. The monoisotopic (exact) mass is 541 g/mol. The first-order chi connectivity index (χ1) is 18.2. The highest BCUT2D eigenvalue weighted by atomic mass is 32.2. The third-order valence-corrected chi connectivity index (χ3v) is 8.31. The Morgan fingerprint density at radius 3 is 2.50 bits per heavy atom. The molecule has 1 fully saturated rings. The number of methoxy groups -OCH3 is 1. The van der Waals surface area contributed by atoms with E-state index < -0.39 is 11.7 Å². The standard InChI is InChI=1S/C29H30F3N3O2S/c1-3-38-21-9-6-19(7-10-21)17-33-27(36)35-18-28(14-4-5-15-28)26-25(35)13-12-24(34-26)22-11-8-20(37-2)16-23(22)29(30,31)32/h6-13,16H,3-5,14-15,17-18H2,1-2H3,(H,33,36). The van der Waals surface area contributed by atoms with Crippen molar-refractivity contribution in [2.75, 3.05) is 24.3 Å². The highest BCUT2D eigenvalue weighted by molar-refractivity contribution is 7.99. The van der Waals surface area contributed by atoms with E-state index in [9.17, 15) is 18.0 Å². The summed E-state index contributed by atoms with van der Waals surface area (Å²) in [5.74, 6) is 1.13. The molecular formula is C29H30F3N3O2S. The molecular weight excluding hydrogens is 511 g/mol. The number of rotatable bonds is 6. The van der Waals surface area contributed by atoms with Crippen LogP contribution in [-0.2, 0) is 18.1 Å². The summed E-state index contributed by atoms with van der Waals surface area (Å²) in [7, 11) is 1.34. The predicted molar refractivity (Wildman–Crippen MR) is 144 cm³/mol. The Morgan fingerprint density at radius 2 is 1.84 bits per heavy atom. The third-order valence-electron chi connectivity index (χ3n) is 7.42. The number of thioether (sulfide) groups is 1. The van der Waals surface area contributed by atoms with E-state index in [1.165, 1.54) is 24.1 Å². The Hall–Kier alpha value is -3.20. The number of nitrogens with zero attached hydrogens (tertiary/aromatic N) is 2. The maximum atomic E-state index is 13.9. The van der Waals surface area contributed by atoms with E-state index in [4.69, 9.17) is 9.72 Å². The number of alkyl halides is 3. The fraction of sp³-hybridized carbons (Fsp3) is 0.379. The average Bonchev–Trinajstić information content (AvgIpc) is 3.52. The van der Waals surface area contributed by atoms with Gasteiger partial charge in [0.05, 0.1) is 29.7 Å². The van der Waals surface area contributed by atoms with Gasteiger partial charge >= 0.3 is 12.2 Å². The van der Waals surface area contributed by atoms with Crippen LogP contribution in [0, 0.1) is 0 Å². The summed E-state index contributed by atoms with van der Waals surface area (Å²) in [5, 5.41) is 3.02. The van der Waals surface area contributed by atoms with Gasteiger partial charge in [0.2, 0.25) is 0 Å². The predicted octanol–water partition coefficient (Wildman–Crippen LogP) is 7.43. The molecule has 1 saturated carbocycles.